The van der Waals surface area contributed by atoms with Gasteiger partial charge in [0.05, 0.1) is 6.07 Å². The molecule has 2 fully saturated rings. The van der Waals surface area contributed by atoms with Crippen LogP contribution >= 0.6 is 0 Å². The van der Waals surface area contributed by atoms with Crippen molar-refractivity contribution in [3.8, 4) is 6.07 Å². The Morgan fingerprint density at radius 1 is 1.05 bits per heavy atom. The quantitative estimate of drug-likeness (QED) is 0.695. The lowest BCUT2D eigenvalue weighted by molar-refractivity contribution is -0.151. The molecule has 0 aromatic carbocycles. The molecule has 0 aromatic heterocycles. The first-order valence-corrected chi connectivity index (χ1v) is 8.82. The lowest BCUT2D eigenvalue weighted by Gasteiger charge is -2.36. The third-order valence-corrected chi connectivity index (χ3v) is 5.37. The first-order valence-electron chi connectivity index (χ1n) is 8.82. The SMILES string of the molecule is CCCCC(=O)OC1CCC(C2CCC(C#N)CC2)CC1. The highest BCUT2D eigenvalue weighted by Gasteiger charge is 2.31. The molecule has 2 saturated carbocycles. The van der Waals surface area contributed by atoms with E-state index < -0.39 is 0 Å². The minimum absolute atomic E-state index is 0.00479. The number of hydrogen-bond donors (Lipinski definition) is 0. The Morgan fingerprint density at radius 3 is 2.14 bits per heavy atom. The molecule has 21 heavy (non-hydrogen) atoms. The van der Waals surface area contributed by atoms with Crippen molar-refractivity contribution >= 4 is 5.97 Å². The summed E-state index contributed by atoms with van der Waals surface area (Å²) in [5, 5.41) is 8.97. The number of hydrogen-bond acceptors (Lipinski definition) is 3. The van der Waals surface area contributed by atoms with E-state index in [9.17, 15) is 4.79 Å². The number of carbonyl (C=O) groups is 1. The molecule has 0 aliphatic heterocycles. The molecule has 0 amide bonds. The Hall–Kier alpha value is -1.04. The summed E-state index contributed by atoms with van der Waals surface area (Å²) in [6, 6.07) is 2.42. The summed E-state index contributed by atoms with van der Waals surface area (Å²) in [6.07, 6.45) is 11.9. The largest absolute Gasteiger partial charge is 0.462 e. The van der Waals surface area contributed by atoms with Crippen molar-refractivity contribution in [2.24, 2.45) is 17.8 Å². The molecule has 2 rings (SSSR count). The lowest BCUT2D eigenvalue weighted by atomic mass is 9.71. The first kappa shape index (κ1) is 16.3. The summed E-state index contributed by atoms with van der Waals surface area (Å²) in [7, 11) is 0. The summed E-state index contributed by atoms with van der Waals surface area (Å²) in [4.78, 5) is 11.7. The Morgan fingerprint density at radius 2 is 1.62 bits per heavy atom. The monoisotopic (exact) mass is 291 g/mol. The summed E-state index contributed by atoms with van der Waals surface area (Å²) in [6.45, 7) is 2.10. The second kappa shape index (κ2) is 8.41. The number of nitrogens with zero attached hydrogens (tertiary/aromatic N) is 1. The average molecular weight is 291 g/mol. The van der Waals surface area contributed by atoms with E-state index in [4.69, 9.17) is 10.00 Å². The molecule has 0 radical (unpaired) electrons. The van der Waals surface area contributed by atoms with Crippen molar-refractivity contribution in [3.63, 3.8) is 0 Å². The van der Waals surface area contributed by atoms with Crippen molar-refractivity contribution in [1.29, 1.82) is 5.26 Å². The van der Waals surface area contributed by atoms with Crippen LogP contribution in [-0.4, -0.2) is 12.1 Å². The third-order valence-electron chi connectivity index (χ3n) is 5.37. The molecule has 2 aliphatic rings. The van der Waals surface area contributed by atoms with Crippen LogP contribution in [0.1, 0.15) is 77.6 Å². The standard InChI is InChI=1S/C18H29NO2/c1-2-3-4-18(20)21-17-11-9-16(10-12-17)15-7-5-14(13-19)6-8-15/h14-17H,2-12H2,1H3. The minimum Gasteiger partial charge on any atom is -0.462 e. The highest BCUT2D eigenvalue weighted by atomic mass is 16.5. The van der Waals surface area contributed by atoms with Crippen LogP contribution in [0.5, 0.6) is 0 Å². The number of carbonyl (C=O) groups excluding carboxylic acids is 1. The van der Waals surface area contributed by atoms with Gasteiger partial charge in [0.15, 0.2) is 0 Å². The van der Waals surface area contributed by atoms with Gasteiger partial charge in [-0.25, -0.2) is 0 Å². The Labute approximate surface area is 129 Å². The van der Waals surface area contributed by atoms with E-state index >= 15 is 0 Å². The van der Waals surface area contributed by atoms with Crippen LogP contribution in [0, 0.1) is 29.1 Å². The summed E-state index contributed by atoms with van der Waals surface area (Å²) < 4.78 is 5.58. The minimum atomic E-state index is -0.00479. The molecule has 0 N–H and O–H groups in total. The van der Waals surface area contributed by atoms with Gasteiger partial charge >= 0.3 is 5.97 Å². The van der Waals surface area contributed by atoms with Crippen molar-refractivity contribution < 1.29 is 9.53 Å². The van der Waals surface area contributed by atoms with E-state index in [1.54, 1.807) is 0 Å². The van der Waals surface area contributed by atoms with Gasteiger partial charge in [0.2, 0.25) is 0 Å². The maximum atomic E-state index is 11.7. The molecule has 2 aliphatic carbocycles. The number of unbranched alkanes of at least 4 members (excludes halogenated alkanes) is 1. The van der Waals surface area contributed by atoms with E-state index in [1.165, 1.54) is 25.7 Å². The number of rotatable bonds is 5. The smallest absolute Gasteiger partial charge is 0.306 e. The maximum Gasteiger partial charge on any atom is 0.306 e. The normalized spacial score (nSPS) is 33.1. The second-order valence-corrected chi connectivity index (χ2v) is 6.87. The maximum absolute atomic E-state index is 11.7. The zero-order valence-electron chi connectivity index (χ0n) is 13.4. The number of esters is 1. The van der Waals surface area contributed by atoms with Crippen LogP contribution in [0.2, 0.25) is 0 Å². The zero-order chi connectivity index (χ0) is 15.1. The predicted molar refractivity (Wildman–Crippen MR) is 82.4 cm³/mol. The molecule has 0 aromatic rings. The first-order chi connectivity index (χ1) is 10.2. The van der Waals surface area contributed by atoms with Crippen molar-refractivity contribution in [2.45, 2.75) is 83.7 Å². The fourth-order valence-corrected chi connectivity index (χ4v) is 3.96. The van der Waals surface area contributed by atoms with Gasteiger partial charge in [-0.15, -0.1) is 0 Å². The fraction of sp³-hybridized carbons (Fsp3) is 0.889. The van der Waals surface area contributed by atoms with Crippen LogP contribution in [0.25, 0.3) is 0 Å². The van der Waals surface area contributed by atoms with E-state index in [1.807, 2.05) is 0 Å². The van der Waals surface area contributed by atoms with Crippen LogP contribution in [-0.2, 0) is 9.53 Å². The highest BCUT2D eigenvalue weighted by molar-refractivity contribution is 5.69. The van der Waals surface area contributed by atoms with Gasteiger partial charge in [0.25, 0.3) is 0 Å². The molecular weight excluding hydrogens is 262 g/mol. The van der Waals surface area contributed by atoms with Gasteiger partial charge in [-0.2, -0.15) is 5.26 Å². The molecule has 0 spiro atoms. The van der Waals surface area contributed by atoms with Crippen LogP contribution in [0.15, 0.2) is 0 Å². The van der Waals surface area contributed by atoms with Gasteiger partial charge in [0.1, 0.15) is 6.10 Å². The van der Waals surface area contributed by atoms with Gasteiger partial charge < -0.3 is 4.74 Å². The fourth-order valence-electron chi connectivity index (χ4n) is 3.96. The van der Waals surface area contributed by atoms with Crippen LogP contribution in [0.3, 0.4) is 0 Å². The van der Waals surface area contributed by atoms with Crippen LogP contribution < -0.4 is 0 Å². The van der Waals surface area contributed by atoms with E-state index in [2.05, 4.69) is 13.0 Å². The summed E-state index contributed by atoms with van der Waals surface area (Å²) >= 11 is 0. The molecule has 0 heterocycles. The van der Waals surface area contributed by atoms with Gasteiger partial charge in [-0.3, -0.25) is 4.79 Å². The summed E-state index contributed by atoms with van der Waals surface area (Å²) in [5.41, 5.74) is 0. The zero-order valence-corrected chi connectivity index (χ0v) is 13.4. The molecule has 3 heteroatoms. The third kappa shape index (κ3) is 5.02. The molecule has 3 nitrogen and oxygen atoms in total. The van der Waals surface area contributed by atoms with Gasteiger partial charge in [-0.05, 0) is 69.6 Å². The van der Waals surface area contributed by atoms with Crippen molar-refractivity contribution in [1.82, 2.24) is 0 Å². The molecule has 0 unspecified atom stereocenters. The number of ether oxygens (including phenoxy) is 1. The van der Waals surface area contributed by atoms with E-state index in [-0.39, 0.29) is 12.1 Å². The average Bonchev–Trinajstić information content (AvgIpc) is 2.54. The van der Waals surface area contributed by atoms with Crippen molar-refractivity contribution in [3.05, 3.63) is 0 Å². The Kier molecular flexibility index (Phi) is 6.54. The second-order valence-electron chi connectivity index (χ2n) is 6.87. The molecular formula is C18H29NO2. The lowest BCUT2D eigenvalue weighted by Crippen LogP contribution is -2.29. The molecule has 0 saturated heterocycles. The highest BCUT2D eigenvalue weighted by Crippen LogP contribution is 2.40. The Bertz CT molecular complexity index is 358. The summed E-state index contributed by atoms with van der Waals surface area (Å²) in [5.74, 6) is 1.91. The van der Waals surface area contributed by atoms with Crippen molar-refractivity contribution in [2.75, 3.05) is 0 Å². The van der Waals surface area contributed by atoms with E-state index in [0.717, 1.165) is 50.4 Å². The Balaban J connectivity index is 1.66. The van der Waals surface area contributed by atoms with E-state index in [0.29, 0.717) is 12.3 Å². The molecule has 0 atom stereocenters. The van der Waals surface area contributed by atoms with Gasteiger partial charge in [0, 0.05) is 12.3 Å². The number of nitriles is 1. The predicted octanol–water partition coefficient (Wildman–Crippen LogP) is 4.61. The molecule has 0 bridgehead atoms. The topological polar surface area (TPSA) is 50.1 Å². The van der Waals surface area contributed by atoms with Gasteiger partial charge in [-0.1, -0.05) is 13.3 Å². The van der Waals surface area contributed by atoms with Crippen LogP contribution in [0.4, 0.5) is 0 Å². The molecule has 118 valence electrons.